The van der Waals surface area contributed by atoms with Crippen LogP contribution in [-0.2, 0) is 34.8 Å². The van der Waals surface area contributed by atoms with Crippen molar-refractivity contribution in [2.75, 3.05) is 27.1 Å². The van der Waals surface area contributed by atoms with Gasteiger partial charge in [-0.2, -0.15) is 0 Å². The molecule has 0 amide bonds. The first-order valence-corrected chi connectivity index (χ1v) is 16.7. The number of hydrogen-bond acceptors (Lipinski definition) is 6. The Labute approximate surface area is 252 Å². The standard InChI is InChI=1S/C32H39IO6Si/c1-32(2,3)40(25-16-10-6-11-17-25,26-18-12-7-13-19-26)38-22-28(33)29-27(21-36-23-35-4)30(31(34)39-29)37-20-24-14-8-5-9-15-24/h5-19,27-30H,20-23H2,1-4H3/t27-,28?,29+,30-/m0/s1. The zero-order valence-corrected chi connectivity index (χ0v) is 26.8. The largest absolute Gasteiger partial charge is 0.459 e. The van der Waals surface area contributed by atoms with Gasteiger partial charge in [0.05, 0.1) is 29.7 Å². The lowest BCUT2D eigenvalue weighted by atomic mass is 9.97. The van der Waals surface area contributed by atoms with E-state index in [1.807, 2.05) is 42.5 Å². The predicted octanol–water partition coefficient (Wildman–Crippen LogP) is 5.11. The molecule has 0 aromatic heterocycles. The highest BCUT2D eigenvalue weighted by Gasteiger charge is 2.52. The van der Waals surface area contributed by atoms with Crippen molar-refractivity contribution in [1.29, 1.82) is 0 Å². The maximum absolute atomic E-state index is 13.1. The van der Waals surface area contributed by atoms with Crippen molar-refractivity contribution in [3.05, 3.63) is 96.6 Å². The summed E-state index contributed by atoms with van der Waals surface area (Å²) in [4.78, 5) is 13.1. The second-order valence-corrected chi connectivity index (χ2v) is 17.0. The van der Waals surface area contributed by atoms with Crippen molar-refractivity contribution in [1.82, 2.24) is 0 Å². The second-order valence-electron chi connectivity index (χ2n) is 11.1. The number of cyclic esters (lactones) is 1. The van der Waals surface area contributed by atoms with Crippen LogP contribution in [0.25, 0.3) is 0 Å². The average molecular weight is 675 g/mol. The van der Waals surface area contributed by atoms with E-state index in [0.29, 0.717) is 13.2 Å². The highest BCUT2D eigenvalue weighted by Crippen LogP contribution is 2.38. The maximum Gasteiger partial charge on any atom is 0.336 e. The fourth-order valence-electron chi connectivity index (χ4n) is 5.44. The molecule has 1 fully saturated rings. The first-order chi connectivity index (χ1) is 19.3. The summed E-state index contributed by atoms with van der Waals surface area (Å²) < 4.78 is 30.0. The number of alkyl halides is 1. The van der Waals surface area contributed by atoms with Crippen molar-refractivity contribution < 1.29 is 28.2 Å². The monoisotopic (exact) mass is 674 g/mol. The molecule has 0 N–H and O–H groups in total. The van der Waals surface area contributed by atoms with E-state index in [1.165, 1.54) is 10.4 Å². The summed E-state index contributed by atoms with van der Waals surface area (Å²) in [6, 6.07) is 30.9. The van der Waals surface area contributed by atoms with Gasteiger partial charge in [-0.25, -0.2) is 4.79 Å². The lowest BCUT2D eigenvalue weighted by molar-refractivity contribution is -0.150. The van der Waals surface area contributed by atoms with Crippen LogP contribution in [0.2, 0.25) is 5.04 Å². The van der Waals surface area contributed by atoms with Crippen molar-refractivity contribution in [2.24, 2.45) is 5.92 Å². The van der Waals surface area contributed by atoms with Gasteiger partial charge in [0, 0.05) is 7.11 Å². The van der Waals surface area contributed by atoms with Crippen LogP contribution in [0.1, 0.15) is 26.3 Å². The van der Waals surface area contributed by atoms with E-state index in [0.717, 1.165) is 5.56 Å². The van der Waals surface area contributed by atoms with E-state index in [1.54, 1.807) is 7.11 Å². The molecule has 3 aromatic carbocycles. The number of rotatable bonds is 13. The molecule has 3 aromatic rings. The number of carbonyl (C=O) groups is 1. The molecule has 0 spiro atoms. The second kappa shape index (κ2) is 14.2. The molecule has 0 saturated carbocycles. The van der Waals surface area contributed by atoms with E-state index in [4.69, 9.17) is 23.4 Å². The molecule has 214 valence electrons. The zero-order valence-electron chi connectivity index (χ0n) is 23.6. The fourth-order valence-corrected chi connectivity index (χ4v) is 11.2. The lowest BCUT2D eigenvalue weighted by Crippen LogP contribution is -2.67. The van der Waals surface area contributed by atoms with Crippen LogP contribution < -0.4 is 10.4 Å². The SMILES string of the molecule is COCOC[C@@H]1[C@H](OCc2ccccc2)C(=O)O[C@H]1C(I)CO[Si](c1ccccc1)(c1ccccc1)C(C)(C)C. The highest BCUT2D eigenvalue weighted by molar-refractivity contribution is 14.1. The Morgan fingerprint density at radius 1 is 0.900 bits per heavy atom. The van der Waals surface area contributed by atoms with Gasteiger partial charge in [-0.1, -0.05) is 134 Å². The van der Waals surface area contributed by atoms with Gasteiger partial charge in [0.1, 0.15) is 12.9 Å². The first-order valence-electron chi connectivity index (χ1n) is 13.6. The zero-order chi connectivity index (χ0) is 28.6. The van der Waals surface area contributed by atoms with Crippen molar-refractivity contribution >= 4 is 47.3 Å². The first kappa shape index (κ1) is 30.9. The average Bonchev–Trinajstić information content (AvgIpc) is 3.28. The van der Waals surface area contributed by atoms with Crippen molar-refractivity contribution in [3.8, 4) is 0 Å². The number of hydrogen-bond donors (Lipinski definition) is 0. The molecule has 4 atom stereocenters. The van der Waals surface area contributed by atoms with Gasteiger partial charge in [-0.05, 0) is 21.0 Å². The van der Waals surface area contributed by atoms with E-state index in [2.05, 4.69) is 91.9 Å². The van der Waals surface area contributed by atoms with Gasteiger partial charge in [0.25, 0.3) is 8.32 Å². The van der Waals surface area contributed by atoms with Crippen molar-refractivity contribution in [2.45, 2.75) is 48.5 Å². The van der Waals surface area contributed by atoms with E-state index in [9.17, 15) is 4.79 Å². The molecule has 1 saturated heterocycles. The molecule has 1 heterocycles. The summed E-state index contributed by atoms with van der Waals surface area (Å²) in [5.74, 6) is -0.657. The van der Waals surface area contributed by atoms with Gasteiger partial charge in [0.2, 0.25) is 0 Å². The Bertz CT molecular complexity index is 1150. The van der Waals surface area contributed by atoms with Crippen LogP contribution in [-0.4, -0.2) is 57.5 Å². The molecule has 1 unspecified atom stereocenters. The Kier molecular flexibility index (Phi) is 11.0. The minimum Gasteiger partial charge on any atom is -0.459 e. The third-order valence-corrected chi connectivity index (χ3v) is 13.4. The minimum absolute atomic E-state index is 0.121. The fraction of sp³-hybridized carbons (Fsp3) is 0.406. The van der Waals surface area contributed by atoms with Crippen LogP contribution in [0.5, 0.6) is 0 Å². The number of esters is 1. The summed E-state index contributed by atoms with van der Waals surface area (Å²) in [6.45, 7) is 7.91. The molecular weight excluding hydrogens is 635 g/mol. The molecule has 1 aliphatic heterocycles. The third kappa shape index (κ3) is 7.03. The van der Waals surface area contributed by atoms with E-state index in [-0.39, 0.29) is 34.2 Å². The van der Waals surface area contributed by atoms with Crippen LogP contribution in [0.4, 0.5) is 0 Å². The molecular formula is C32H39IO6Si. The Hall–Kier alpha value is -2.08. The third-order valence-electron chi connectivity index (χ3n) is 7.31. The minimum atomic E-state index is -2.74. The number of ether oxygens (including phenoxy) is 4. The normalized spacial score (nSPS) is 20.3. The summed E-state index contributed by atoms with van der Waals surface area (Å²) >= 11 is 2.36. The molecule has 0 bridgehead atoms. The molecule has 0 radical (unpaired) electrons. The Balaban J connectivity index is 1.58. The van der Waals surface area contributed by atoms with Crippen LogP contribution in [0.3, 0.4) is 0 Å². The smallest absolute Gasteiger partial charge is 0.336 e. The maximum atomic E-state index is 13.1. The molecule has 0 aliphatic carbocycles. The number of halogens is 1. The number of methoxy groups -OCH3 is 1. The van der Waals surface area contributed by atoms with Crippen LogP contribution >= 0.6 is 22.6 Å². The summed E-state index contributed by atoms with van der Waals surface area (Å²) in [6.07, 6.45) is -1.16. The van der Waals surface area contributed by atoms with E-state index < -0.39 is 20.5 Å². The number of benzene rings is 3. The molecule has 4 rings (SSSR count). The van der Waals surface area contributed by atoms with Crippen LogP contribution in [0.15, 0.2) is 91.0 Å². The van der Waals surface area contributed by atoms with Crippen molar-refractivity contribution in [3.63, 3.8) is 0 Å². The number of carbonyl (C=O) groups excluding carboxylic acids is 1. The molecule has 1 aliphatic rings. The highest BCUT2D eigenvalue weighted by atomic mass is 127. The molecule has 8 heteroatoms. The van der Waals surface area contributed by atoms with Crippen LogP contribution in [0, 0.1) is 5.92 Å². The van der Waals surface area contributed by atoms with Gasteiger partial charge in [-0.3, -0.25) is 0 Å². The van der Waals surface area contributed by atoms with Gasteiger partial charge < -0.3 is 23.4 Å². The Morgan fingerprint density at radius 3 is 1.98 bits per heavy atom. The lowest BCUT2D eigenvalue weighted by Gasteiger charge is -2.43. The van der Waals surface area contributed by atoms with Gasteiger partial charge in [0.15, 0.2) is 6.10 Å². The predicted molar refractivity (Wildman–Crippen MR) is 168 cm³/mol. The van der Waals surface area contributed by atoms with Gasteiger partial charge >= 0.3 is 5.97 Å². The summed E-state index contributed by atoms with van der Waals surface area (Å²) in [7, 11) is -1.16. The quantitative estimate of drug-likeness (QED) is 0.0628. The Morgan fingerprint density at radius 2 is 1.45 bits per heavy atom. The van der Waals surface area contributed by atoms with Gasteiger partial charge in [-0.15, -0.1) is 0 Å². The molecule has 6 nitrogen and oxygen atoms in total. The summed E-state index contributed by atoms with van der Waals surface area (Å²) in [5, 5.41) is 2.27. The summed E-state index contributed by atoms with van der Waals surface area (Å²) in [5.41, 5.74) is 0.997. The van der Waals surface area contributed by atoms with E-state index >= 15 is 0 Å². The molecule has 40 heavy (non-hydrogen) atoms. The topological polar surface area (TPSA) is 63.2 Å².